The molecule has 0 fully saturated rings. The van der Waals surface area contributed by atoms with Crippen LogP contribution in [0.3, 0.4) is 0 Å². The van der Waals surface area contributed by atoms with Crippen molar-refractivity contribution < 1.29 is 8.78 Å². The predicted molar refractivity (Wildman–Crippen MR) is 63.5 cm³/mol. The van der Waals surface area contributed by atoms with Gasteiger partial charge in [0.05, 0.1) is 11.7 Å². The highest BCUT2D eigenvalue weighted by Crippen LogP contribution is 2.17. The van der Waals surface area contributed by atoms with Gasteiger partial charge in [-0.25, -0.2) is 8.78 Å². The van der Waals surface area contributed by atoms with Gasteiger partial charge in [0.25, 0.3) is 0 Å². The third kappa shape index (κ3) is 3.34. The van der Waals surface area contributed by atoms with Crippen LogP contribution in [0, 0.1) is 11.6 Å². The van der Waals surface area contributed by atoms with E-state index in [0.717, 1.165) is 17.8 Å². The first-order valence-electron chi connectivity index (χ1n) is 4.82. The summed E-state index contributed by atoms with van der Waals surface area (Å²) in [5.74, 6) is -0.657. The van der Waals surface area contributed by atoms with Crippen molar-refractivity contribution in [3.05, 3.63) is 40.6 Å². The first-order chi connectivity index (χ1) is 8.15. The Morgan fingerprint density at radius 1 is 1.18 bits per heavy atom. The minimum Gasteiger partial charge on any atom is -0.366 e. The van der Waals surface area contributed by atoms with Gasteiger partial charge in [-0.2, -0.15) is 8.75 Å². The zero-order chi connectivity index (χ0) is 12.3. The van der Waals surface area contributed by atoms with Crippen LogP contribution in [0.2, 0.25) is 5.15 Å². The van der Waals surface area contributed by atoms with Crippen molar-refractivity contribution in [3.63, 3.8) is 0 Å². The van der Waals surface area contributed by atoms with E-state index >= 15 is 0 Å². The number of halogens is 3. The van der Waals surface area contributed by atoms with Gasteiger partial charge in [-0.15, -0.1) is 0 Å². The van der Waals surface area contributed by atoms with Gasteiger partial charge in [-0.3, -0.25) is 0 Å². The second-order valence-electron chi connectivity index (χ2n) is 3.36. The van der Waals surface area contributed by atoms with Crippen LogP contribution in [-0.2, 0) is 6.42 Å². The number of hydrogen-bond acceptors (Lipinski definition) is 4. The summed E-state index contributed by atoms with van der Waals surface area (Å²) < 4.78 is 33.5. The molecule has 0 spiro atoms. The average molecular weight is 276 g/mol. The molecule has 2 rings (SSSR count). The topological polar surface area (TPSA) is 37.8 Å². The summed E-state index contributed by atoms with van der Waals surface area (Å²) in [6, 6.07) is 3.44. The summed E-state index contributed by atoms with van der Waals surface area (Å²) in [6.45, 7) is 0.480. The number of rotatable bonds is 4. The molecule has 3 nitrogen and oxygen atoms in total. The molecule has 1 N–H and O–H groups in total. The van der Waals surface area contributed by atoms with Crippen molar-refractivity contribution in [2.45, 2.75) is 6.42 Å². The van der Waals surface area contributed by atoms with Gasteiger partial charge in [0.1, 0.15) is 11.6 Å². The second-order valence-corrected chi connectivity index (χ2v) is 4.24. The lowest BCUT2D eigenvalue weighted by atomic mass is 10.1. The minimum atomic E-state index is -0.576. The van der Waals surface area contributed by atoms with Crippen molar-refractivity contribution in [2.24, 2.45) is 0 Å². The first-order valence-corrected chi connectivity index (χ1v) is 5.93. The van der Waals surface area contributed by atoms with E-state index in [2.05, 4.69) is 14.1 Å². The molecule has 0 radical (unpaired) electrons. The normalized spacial score (nSPS) is 10.5. The number of benzene rings is 1. The maximum atomic E-state index is 12.9. The van der Waals surface area contributed by atoms with Crippen molar-refractivity contribution in [3.8, 4) is 0 Å². The molecule has 17 heavy (non-hydrogen) atoms. The SMILES string of the molecule is Fc1cc(F)cc(CCNc2nsnc2Cl)c1. The molecule has 1 aromatic carbocycles. The van der Waals surface area contributed by atoms with Crippen LogP contribution in [-0.4, -0.2) is 15.3 Å². The lowest BCUT2D eigenvalue weighted by molar-refractivity contribution is 0.580. The van der Waals surface area contributed by atoms with E-state index in [-0.39, 0.29) is 0 Å². The number of aromatic nitrogens is 2. The fourth-order valence-electron chi connectivity index (χ4n) is 1.36. The van der Waals surface area contributed by atoms with Crippen molar-refractivity contribution in [1.29, 1.82) is 0 Å². The lowest BCUT2D eigenvalue weighted by Gasteiger charge is -2.04. The van der Waals surface area contributed by atoms with Gasteiger partial charge in [0, 0.05) is 12.6 Å². The van der Waals surface area contributed by atoms with Crippen LogP contribution in [0.15, 0.2) is 18.2 Å². The smallest absolute Gasteiger partial charge is 0.186 e. The molecule has 0 bridgehead atoms. The Hall–Kier alpha value is -1.27. The molecule has 0 aliphatic carbocycles. The van der Waals surface area contributed by atoms with Gasteiger partial charge >= 0.3 is 0 Å². The lowest BCUT2D eigenvalue weighted by Crippen LogP contribution is -2.05. The summed E-state index contributed by atoms with van der Waals surface area (Å²) in [6.07, 6.45) is 0.475. The summed E-state index contributed by atoms with van der Waals surface area (Å²) in [7, 11) is 0. The molecule has 0 amide bonds. The molecule has 90 valence electrons. The molecule has 0 unspecified atom stereocenters. The molecule has 0 saturated heterocycles. The van der Waals surface area contributed by atoms with Gasteiger partial charge in [-0.1, -0.05) is 11.6 Å². The molecule has 0 atom stereocenters. The third-order valence-corrected chi connectivity index (χ3v) is 2.97. The standard InChI is InChI=1S/C10H8ClF2N3S/c11-9-10(16-17-15-9)14-2-1-6-3-7(12)5-8(13)4-6/h3-5H,1-2H2,(H,14,16). The van der Waals surface area contributed by atoms with E-state index in [1.54, 1.807) is 0 Å². The summed E-state index contributed by atoms with van der Waals surface area (Å²) in [5, 5.41) is 3.25. The summed E-state index contributed by atoms with van der Waals surface area (Å²) >= 11 is 6.73. The number of nitrogens with one attached hydrogen (secondary N) is 1. The van der Waals surface area contributed by atoms with E-state index < -0.39 is 11.6 Å². The maximum absolute atomic E-state index is 12.9. The fourth-order valence-corrected chi connectivity index (χ4v) is 2.05. The average Bonchev–Trinajstić information content (AvgIpc) is 2.63. The molecule has 2 aromatic rings. The molecular formula is C10H8ClF2N3S. The summed E-state index contributed by atoms with van der Waals surface area (Å²) in [4.78, 5) is 0. The first kappa shape index (κ1) is 12.2. The Labute approximate surface area is 106 Å². The molecule has 0 aliphatic heterocycles. The van der Waals surface area contributed by atoms with Crippen LogP contribution in [0.1, 0.15) is 5.56 Å². The highest BCUT2D eigenvalue weighted by Gasteiger charge is 2.04. The van der Waals surface area contributed by atoms with Crippen LogP contribution < -0.4 is 5.32 Å². The van der Waals surface area contributed by atoms with Crippen molar-refractivity contribution in [1.82, 2.24) is 8.75 Å². The van der Waals surface area contributed by atoms with E-state index in [4.69, 9.17) is 11.6 Å². The number of anilines is 1. The predicted octanol–water partition coefficient (Wildman–Crippen LogP) is 3.12. The van der Waals surface area contributed by atoms with Crippen LogP contribution in [0.5, 0.6) is 0 Å². The van der Waals surface area contributed by atoms with Crippen LogP contribution in [0.25, 0.3) is 0 Å². The second kappa shape index (κ2) is 5.37. The maximum Gasteiger partial charge on any atom is 0.186 e. The Morgan fingerprint density at radius 2 is 1.88 bits per heavy atom. The van der Waals surface area contributed by atoms with Crippen molar-refractivity contribution in [2.75, 3.05) is 11.9 Å². The van der Waals surface area contributed by atoms with E-state index in [9.17, 15) is 8.78 Å². The highest BCUT2D eigenvalue weighted by atomic mass is 35.5. The van der Waals surface area contributed by atoms with Crippen LogP contribution >= 0.6 is 23.3 Å². The highest BCUT2D eigenvalue weighted by molar-refractivity contribution is 6.99. The fraction of sp³-hybridized carbons (Fsp3) is 0.200. The van der Waals surface area contributed by atoms with E-state index in [0.29, 0.717) is 29.5 Å². The number of nitrogens with zero attached hydrogens (tertiary/aromatic N) is 2. The quantitative estimate of drug-likeness (QED) is 0.932. The molecule has 0 aliphatic rings. The molecule has 1 heterocycles. The Kier molecular flexibility index (Phi) is 3.86. The van der Waals surface area contributed by atoms with Gasteiger partial charge in [0.15, 0.2) is 11.0 Å². The van der Waals surface area contributed by atoms with Gasteiger partial charge < -0.3 is 5.32 Å². The summed E-state index contributed by atoms with van der Waals surface area (Å²) in [5.41, 5.74) is 0.578. The number of hydrogen-bond donors (Lipinski definition) is 1. The Bertz CT molecular complexity index is 498. The largest absolute Gasteiger partial charge is 0.366 e. The minimum absolute atomic E-state index is 0.306. The zero-order valence-corrected chi connectivity index (χ0v) is 10.2. The third-order valence-electron chi connectivity index (χ3n) is 2.08. The molecule has 1 aromatic heterocycles. The molecular weight excluding hydrogens is 268 g/mol. The monoisotopic (exact) mass is 275 g/mol. The van der Waals surface area contributed by atoms with Gasteiger partial charge in [0.2, 0.25) is 0 Å². The van der Waals surface area contributed by atoms with Crippen LogP contribution in [0.4, 0.5) is 14.6 Å². The van der Waals surface area contributed by atoms with E-state index in [1.807, 2.05) is 0 Å². The van der Waals surface area contributed by atoms with Gasteiger partial charge in [-0.05, 0) is 24.1 Å². The molecule has 7 heteroatoms. The Balaban J connectivity index is 1.92. The van der Waals surface area contributed by atoms with Crippen molar-refractivity contribution >= 4 is 29.1 Å². The zero-order valence-electron chi connectivity index (χ0n) is 8.58. The Morgan fingerprint density at radius 3 is 2.47 bits per heavy atom. The van der Waals surface area contributed by atoms with E-state index in [1.165, 1.54) is 12.1 Å². The molecule has 0 saturated carbocycles.